The van der Waals surface area contributed by atoms with Gasteiger partial charge in [-0.05, 0) is 11.1 Å². The quantitative estimate of drug-likeness (QED) is 0.682. The van der Waals surface area contributed by atoms with Crippen LogP contribution in [0.4, 0.5) is 0 Å². The van der Waals surface area contributed by atoms with E-state index < -0.39 is 0 Å². The van der Waals surface area contributed by atoms with E-state index in [0.29, 0.717) is 13.2 Å². The number of ether oxygens (including phenoxy) is 1. The van der Waals surface area contributed by atoms with Crippen molar-refractivity contribution in [2.24, 2.45) is 0 Å². The fraction of sp³-hybridized carbons (Fsp3) is 0.471. The summed E-state index contributed by atoms with van der Waals surface area (Å²) in [5.74, 6) is -0.0647. The second-order valence-corrected chi connectivity index (χ2v) is 4.29. The zero-order valence-electron chi connectivity index (χ0n) is 13.0. The van der Waals surface area contributed by atoms with Gasteiger partial charge < -0.3 is 14.7 Å². The number of methoxy groups -OCH3 is 1. The lowest BCUT2D eigenvalue weighted by Gasteiger charge is -2.39. The zero-order chi connectivity index (χ0) is 16.3. The number of carbonyl (C=O) groups excluding carboxylic acids is 1. The van der Waals surface area contributed by atoms with E-state index in [-0.39, 0.29) is 18.6 Å². The van der Waals surface area contributed by atoms with Gasteiger partial charge in [0.25, 0.3) is 0 Å². The number of nitrogens with zero attached hydrogens (tertiary/aromatic N) is 1. The Morgan fingerprint density at radius 1 is 1.38 bits per heavy atom. The van der Waals surface area contributed by atoms with Crippen molar-refractivity contribution in [3.05, 3.63) is 35.4 Å². The lowest BCUT2D eigenvalue weighted by molar-refractivity contribution is -0.123. The topological polar surface area (TPSA) is 49.8 Å². The molecule has 1 aliphatic heterocycles. The summed E-state index contributed by atoms with van der Waals surface area (Å²) in [6, 6.07) is 7.84. The van der Waals surface area contributed by atoms with Gasteiger partial charge in [0.05, 0.1) is 19.3 Å². The van der Waals surface area contributed by atoms with Gasteiger partial charge in [-0.1, -0.05) is 38.1 Å². The smallest absolute Gasteiger partial charge is 0.210 e. The standard InChI is InChI=1S/C13H17NO3.C2H6.C2H2/c1-17-8-13-12(7-15)11-5-3-2-4-10(11)6-14(13)9-16;2*1-2/h2-5,9,12-13,15H,6-8H2,1H3;1-2H3;1-2H. The number of benzene rings is 1. The van der Waals surface area contributed by atoms with E-state index in [1.807, 2.05) is 38.1 Å². The van der Waals surface area contributed by atoms with Crippen molar-refractivity contribution in [1.82, 2.24) is 4.90 Å². The van der Waals surface area contributed by atoms with Crippen molar-refractivity contribution in [2.75, 3.05) is 20.3 Å². The first-order chi connectivity index (χ1) is 10.3. The van der Waals surface area contributed by atoms with E-state index in [1.54, 1.807) is 12.0 Å². The van der Waals surface area contributed by atoms with Gasteiger partial charge in [-0.25, -0.2) is 0 Å². The minimum Gasteiger partial charge on any atom is -0.396 e. The second-order valence-electron chi connectivity index (χ2n) is 4.29. The van der Waals surface area contributed by atoms with Gasteiger partial charge >= 0.3 is 0 Å². The van der Waals surface area contributed by atoms with E-state index in [0.717, 1.165) is 17.5 Å². The highest BCUT2D eigenvalue weighted by Crippen LogP contribution is 2.32. The first-order valence-electron chi connectivity index (χ1n) is 7.03. The molecule has 1 heterocycles. The minimum atomic E-state index is -0.0857. The average Bonchev–Trinajstić information content (AvgIpc) is 2.58. The summed E-state index contributed by atoms with van der Waals surface area (Å²) in [7, 11) is 1.61. The Morgan fingerprint density at radius 2 is 2.00 bits per heavy atom. The Kier molecular flexibility index (Phi) is 9.95. The number of hydrogen-bond acceptors (Lipinski definition) is 3. The summed E-state index contributed by atoms with van der Waals surface area (Å²) < 4.78 is 5.15. The molecule has 0 aromatic heterocycles. The number of rotatable bonds is 4. The van der Waals surface area contributed by atoms with Crippen LogP contribution in [0.5, 0.6) is 0 Å². The SMILES string of the molecule is C#C.CC.COCC1C(CO)c2ccccc2CN1C=O. The Bertz CT molecular complexity index is 431. The Labute approximate surface area is 127 Å². The van der Waals surface area contributed by atoms with E-state index >= 15 is 0 Å². The van der Waals surface area contributed by atoms with Crippen LogP contribution < -0.4 is 0 Å². The molecule has 0 fully saturated rings. The number of hydrogen-bond donors (Lipinski definition) is 1. The van der Waals surface area contributed by atoms with Crippen molar-refractivity contribution in [3.8, 4) is 12.8 Å². The third-order valence-electron chi connectivity index (χ3n) is 3.37. The minimum absolute atomic E-state index is 0.0232. The molecule has 2 unspecified atom stereocenters. The van der Waals surface area contributed by atoms with Gasteiger partial charge in [0, 0.05) is 19.6 Å². The normalized spacial score (nSPS) is 19.2. The molecule has 0 saturated carbocycles. The maximum atomic E-state index is 11.1. The third kappa shape index (κ3) is 4.59. The molecule has 0 spiro atoms. The molecule has 116 valence electrons. The highest BCUT2D eigenvalue weighted by Gasteiger charge is 2.33. The molecule has 1 N–H and O–H groups in total. The Morgan fingerprint density at radius 3 is 2.52 bits per heavy atom. The Hall–Kier alpha value is -1.83. The summed E-state index contributed by atoms with van der Waals surface area (Å²) >= 11 is 0. The van der Waals surface area contributed by atoms with Crippen LogP contribution >= 0.6 is 0 Å². The molecule has 1 aliphatic rings. The number of aliphatic hydroxyl groups excluding tert-OH is 1. The summed E-state index contributed by atoms with van der Waals surface area (Å²) in [5, 5.41) is 9.55. The maximum absolute atomic E-state index is 11.1. The molecule has 1 aromatic rings. The van der Waals surface area contributed by atoms with Crippen LogP contribution in [-0.2, 0) is 16.1 Å². The molecule has 21 heavy (non-hydrogen) atoms. The lowest BCUT2D eigenvalue weighted by atomic mass is 9.84. The second kappa shape index (κ2) is 10.9. The molecule has 1 aromatic carbocycles. The van der Waals surface area contributed by atoms with Crippen molar-refractivity contribution >= 4 is 6.41 Å². The Balaban J connectivity index is 0.000000921. The number of aliphatic hydroxyl groups is 1. The van der Waals surface area contributed by atoms with Gasteiger partial charge in [0.1, 0.15) is 0 Å². The number of amides is 1. The monoisotopic (exact) mass is 291 g/mol. The van der Waals surface area contributed by atoms with Gasteiger partial charge in [0.15, 0.2) is 0 Å². The predicted octanol–water partition coefficient (Wildman–Crippen LogP) is 2.03. The highest BCUT2D eigenvalue weighted by molar-refractivity contribution is 5.51. The predicted molar refractivity (Wildman–Crippen MR) is 84.8 cm³/mol. The molecule has 0 bridgehead atoms. The van der Waals surface area contributed by atoms with Crippen LogP contribution in [-0.4, -0.2) is 42.8 Å². The molecule has 1 amide bonds. The highest BCUT2D eigenvalue weighted by atomic mass is 16.5. The van der Waals surface area contributed by atoms with Crippen LogP contribution in [0.15, 0.2) is 24.3 Å². The number of terminal acetylenes is 1. The van der Waals surface area contributed by atoms with Crippen molar-refractivity contribution < 1.29 is 14.6 Å². The van der Waals surface area contributed by atoms with Gasteiger partial charge in [0.2, 0.25) is 6.41 Å². The molecule has 2 rings (SSSR count). The number of fused-ring (bicyclic) bond motifs is 1. The summed E-state index contributed by atoms with van der Waals surface area (Å²) in [4.78, 5) is 12.8. The molecule has 0 aliphatic carbocycles. The largest absolute Gasteiger partial charge is 0.396 e. The van der Waals surface area contributed by atoms with Crippen molar-refractivity contribution in [2.45, 2.75) is 32.4 Å². The molecule has 4 nitrogen and oxygen atoms in total. The van der Waals surface area contributed by atoms with Crippen LogP contribution in [0.25, 0.3) is 0 Å². The molecule has 2 atom stereocenters. The van der Waals surface area contributed by atoms with E-state index in [1.165, 1.54) is 0 Å². The van der Waals surface area contributed by atoms with Crippen LogP contribution in [0.2, 0.25) is 0 Å². The molecular weight excluding hydrogens is 266 g/mol. The van der Waals surface area contributed by atoms with Crippen LogP contribution in [0.1, 0.15) is 30.9 Å². The molecule has 4 heteroatoms. The van der Waals surface area contributed by atoms with Crippen LogP contribution in [0, 0.1) is 12.8 Å². The maximum Gasteiger partial charge on any atom is 0.210 e. The summed E-state index contributed by atoms with van der Waals surface area (Å²) in [5.41, 5.74) is 2.22. The molecule has 0 radical (unpaired) electrons. The van der Waals surface area contributed by atoms with Crippen molar-refractivity contribution in [1.29, 1.82) is 0 Å². The summed E-state index contributed by atoms with van der Waals surface area (Å²) in [6.07, 6.45) is 8.84. The third-order valence-corrected chi connectivity index (χ3v) is 3.37. The van der Waals surface area contributed by atoms with Gasteiger partial charge in [-0.15, -0.1) is 12.8 Å². The number of carbonyl (C=O) groups is 1. The van der Waals surface area contributed by atoms with E-state index in [4.69, 9.17) is 4.74 Å². The summed E-state index contributed by atoms with van der Waals surface area (Å²) in [6.45, 7) is 5.05. The van der Waals surface area contributed by atoms with Crippen molar-refractivity contribution in [3.63, 3.8) is 0 Å². The average molecular weight is 291 g/mol. The first-order valence-corrected chi connectivity index (χ1v) is 7.03. The molecule has 0 saturated heterocycles. The fourth-order valence-electron chi connectivity index (χ4n) is 2.51. The first kappa shape index (κ1) is 19.2. The van der Waals surface area contributed by atoms with Crippen LogP contribution in [0.3, 0.4) is 0 Å². The van der Waals surface area contributed by atoms with E-state index in [9.17, 15) is 9.90 Å². The molecular formula is C17H25NO3. The lowest BCUT2D eigenvalue weighted by Crippen LogP contribution is -2.46. The van der Waals surface area contributed by atoms with Gasteiger partial charge in [-0.2, -0.15) is 0 Å². The van der Waals surface area contributed by atoms with E-state index in [2.05, 4.69) is 12.8 Å². The van der Waals surface area contributed by atoms with Gasteiger partial charge in [-0.3, -0.25) is 4.79 Å². The fourth-order valence-corrected chi connectivity index (χ4v) is 2.51. The zero-order valence-corrected chi connectivity index (χ0v) is 13.0.